The van der Waals surface area contributed by atoms with E-state index < -0.39 is 11.3 Å². The number of aromatic nitrogens is 4. The van der Waals surface area contributed by atoms with Crippen molar-refractivity contribution in [2.45, 2.75) is 26.2 Å². The van der Waals surface area contributed by atoms with Crippen LogP contribution >= 0.6 is 0 Å². The third kappa shape index (κ3) is 3.57. The molecule has 0 aliphatic carbocycles. The Morgan fingerprint density at radius 3 is 2.50 bits per heavy atom. The Bertz CT molecular complexity index is 1220. The molecule has 3 heterocycles. The standard InChI is InChI=1S/C23H21N5O2/c1-14-21(19-12-17(28-30-19)15-7-5-4-6-8-15)27-18(13-26-14)16-9-10-25-20(11-16)23(2,3)22(24)29/h4-13H,1-3H3,(H2,24,29). The third-order valence-electron chi connectivity index (χ3n) is 5.08. The van der Waals surface area contributed by atoms with Crippen molar-refractivity contribution in [3.63, 3.8) is 0 Å². The van der Waals surface area contributed by atoms with Crippen molar-refractivity contribution in [3.8, 4) is 34.0 Å². The molecule has 0 unspecified atom stereocenters. The third-order valence-corrected chi connectivity index (χ3v) is 5.08. The zero-order valence-electron chi connectivity index (χ0n) is 17.0. The molecule has 0 bridgehead atoms. The van der Waals surface area contributed by atoms with Crippen molar-refractivity contribution in [1.82, 2.24) is 20.1 Å². The van der Waals surface area contributed by atoms with Gasteiger partial charge in [0.1, 0.15) is 11.4 Å². The number of aryl methyl sites for hydroxylation is 1. The second kappa shape index (κ2) is 7.51. The van der Waals surface area contributed by atoms with Crippen LogP contribution in [-0.2, 0) is 10.2 Å². The van der Waals surface area contributed by atoms with Crippen LogP contribution in [0.1, 0.15) is 25.2 Å². The lowest BCUT2D eigenvalue weighted by atomic mass is 9.87. The first-order valence-electron chi connectivity index (χ1n) is 9.49. The maximum Gasteiger partial charge on any atom is 0.229 e. The molecular formula is C23H21N5O2. The normalized spacial score (nSPS) is 11.4. The van der Waals surface area contributed by atoms with E-state index in [-0.39, 0.29) is 0 Å². The molecule has 7 nitrogen and oxygen atoms in total. The molecule has 0 aliphatic rings. The van der Waals surface area contributed by atoms with Crippen molar-refractivity contribution in [2.75, 3.05) is 0 Å². The summed E-state index contributed by atoms with van der Waals surface area (Å²) in [5.74, 6) is 0.0883. The number of primary amides is 1. The van der Waals surface area contributed by atoms with Crippen LogP contribution in [0.4, 0.5) is 0 Å². The molecule has 0 fully saturated rings. The van der Waals surface area contributed by atoms with Gasteiger partial charge in [-0.15, -0.1) is 0 Å². The molecule has 3 aromatic heterocycles. The summed E-state index contributed by atoms with van der Waals surface area (Å²) in [4.78, 5) is 25.3. The molecule has 2 N–H and O–H groups in total. The maximum absolute atomic E-state index is 11.8. The van der Waals surface area contributed by atoms with Gasteiger partial charge in [-0.25, -0.2) is 4.98 Å². The second-order valence-electron chi connectivity index (χ2n) is 7.55. The molecule has 0 radical (unpaired) electrons. The number of carbonyl (C=O) groups is 1. The SMILES string of the molecule is Cc1ncc(-c2ccnc(C(C)(C)C(N)=O)c2)nc1-c1cc(-c2ccccc2)no1. The van der Waals surface area contributed by atoms with Gasteiger partial charge in [-0.1, -0.05) is 35.5 Å². The van der Waals surface area contributed by atoms with Crippen LogP contribution in [0.25, 0.3) is 34.0 Å². The van der Waals surface area contributed by atoms with Gasteiger partial charge in [0.15, 0.2) is 5.76 Å². The monoisotopic (exact) mass is 399 g/mol. The zero-order chi connectivity index (χ0) is 21.3. The van der Waals surface area contributed by atoms with E-state index in [0.717, 1.165) is 22.5 Å². The van der Waals surface area contributed by atoms with Crippen molar-refractivity contribution >= 4 is 5.91 Å². The van der Waals surface area contributed by atoms with Gasteiger partial charge in [-0.2, -0.15) is 0 Å². The smallest absolute Gasteiger partial charge is 0.229 e. The van der Waals surface area contributed by atoms with E-state index in [2.05, 4.69) is 15.1 Å². The largest absolute Gasteiger partial charge is 0.369 e. The summed E-state index contributed by atoms with van der Waals surface area (Å²) < 4.78 is 5.56. The van der Waals surface area contributed by atoms with Crippen LogP contribution in [0.3, 0.4) is 0 Å². The predicted molar refractivity (Wildman–Crippen MR) is 113 cm³/mol. The van der Waals surface area contributed by atoms with Crippen molar-refractivity contribution in [1.29, 1.82) is 0 Å². The average molecular weight is 399 g/mol. The van der Waals surface area contributed by atoms with Gasteiger partial charge in [0.2, 0.25) is 5.91 Å². The molecule has 7 heteroatoms. The molecule has 0 spiro atoms. The number of pyridine rings is 1. The molecule has 4 aromatic rings. The van der Waals surface area contributed by atoms with Crippen LogP contribution in [-0.4, -0.2) is 26.0 Å². The van der Waals surface area contributed by atoms with E-state index >= 15 is 0 Å². The second-order valence-corrected chi connectivity index (χ2v) is 7.55. The number of rotatable bonds is 5. The Morgan fingerprint density at radius 1 is 1.00 bits per heavy atom. The quantitative estimate of drug-likeness (QED) is 0.545. The Balaban J connectivity index is 1.74. The summed E-state index contributed by atoms with van der Waals surface area (Å²) in [5, 5.41) is 4.17. The van der Waals surface area contributed by atoms with Crippen molar-refractivity contribution in [3.05, 3.63) is 72.3 Å². The summed E-state index contributed by atoms with van der Waals surface area (Å²) in [6.45, 7) is 5.35. The van der Waals surface area contributed by atoms with E-state index in [1.165, 1.54) is 0 Å². The fourth-order valence-electron chi connectivity index (χ4n) is 3.01. The topological polar surface area (TPSA) is 108 Å². The van der Waals surface area contributed by atoms with Crippen LogP contribution in [0.5, 0.6) is 0 Å². The van der Waals surface area contributed by atoms with Crippen LogP contribution in [0, 0.1) is 6.92 Å². The van der Waals surface area contributed by atoms with Crippen LogP contribution < -0.4 is 5.73 Å². The van der Waals surface area contributed by atoms with Gasteiger partial charge < -0.3 is 10.3 Å². The summed E-state index contributed by atoms with van der Waals surface area (Å²) in [6.07, 6.45) is 3.32. The minimum atomic E-state index is -0.896. The van der Waals surface area contributed by atoms with Crippen LogP contribution in [0.15, 0.2) is 65.4 Å². The lowest BCUT2D eigenvalue weighted by Crippen LogP contribution is -2.36. The fraction of sp³-hybridized carbons (Fsp3) is 0.174. The summed E-state index contributed by atoms with van der Waals surface area (Å²) >= 11 is 0. The zero-order valence-corrected chi connectivity index (χ0v) is 17.0. The van der Waals surface area contributed by atoms with E-state index in [1.54, 1.807) is 26.2 Å². The highest BCUT2D eigenvalue weighted by molar-refractivity contribution is 5.85. The van der Waals surface area contributed by atoms with E-state index in [4.69, 9.17) is 15.2 Å². The lowest BCUT2D eigenvalue weighted by Gasteiger charge is -2.20. The average Bonchev–Trinajstić information content (AvgIpc) is 3.25. The Morgan fingerprint density at radius 2 is 1.77 bits per heavy atom. The molecule has 4 rings (SSSR count). The van der Waals surface area contributed by atoms with Gasteiger partial charge in [0.05, 0.1) is 28.7 Å². The van der Waals surface area contributed by atoms with E-state index in [1.807, 2.05) is 55.5 Å². The number of nitrogens with zero attached hydrogens (tertiary/aromatic N) is 4. The molecular weight excluding hydrogens is 378 g/mol. The highest BCUT2D eigenvalue weighted by Gasteiger charge is 2.29. The molecule has 0 saturated carbocycles. The predicted octanol–water partition coefficient (Wildman–Crippen LogP) is 3.93. The molecule has 1 aromatic carbocycles. The summed E-state index contributed by atoms with van der Waals surface area (Å²) in [5.41, 5.74) is 9.65. The van der Waals surface area contributed by atoms with Gasteiger partial charge in [-0.3, -0.25) is 14.8 Å². The first-order valence-corrected chi connectivity index (χ1v) is 9.49. The number of nitrogens with two attached hydrogens (primary N) is 1. The molecule has 30 heavy (non-hydrogen) atoms. The summed E-state index contributed by atoms with van der Waals surface area (Å²) in [7, 11) is 0. The molecule has 150 valence electrons. The number of hydrogen-bond acceptors (Lipinski definition) is 6. The fourth-order valence-corrected chi connectivity index (χ4v) is 3.01. The highest BCUT2D eigenvalue weighted by atomic mass is 16.5. The van der Waals surface area contributed by atoms with Crippen LogP contribution in [0.2, 0.25) is 0 Å². The number of amides is 1. The van der Waals surface area contributed by atoms with Gasteiger partial charge in [-0.05, 0) is 32.9 Å². The molecule has 1 amide bonds. The Hall–Kier alpha value is -3.87. The highest BCUT2D eigenvalue weighted by Crippen LogP contribution is 2.29. The minimum Gasteiger partial charge on any atom is -0.369 e. The molecule has 0 atom stereocenters. The number of benzene rings is 1. The first kappa shape index (κ1) is 19.4. The van der Waals surface area contributed by atoms with Crippen molar-refractivity contribution < 1.29 is 9.32 Å². The van der Waals surface area contributed by atoms with Gasteiger partial charge >= 0.3 is 0 Å². The number of carbonyl (C=O) groups excluding carboxylic acids is 1. The van der Waals surface area contributed by atoms with Crippen molar-refractivity contribution in [2.24, 2.45) is 5.73 Å². The first-order chi connectivity index (χ1) is 14.4. The van der Waals surface area contributed by atoms with E-state index in [9.17, 15) is 4.79 Å². The Kier molecular flexibility index (Phi) is 4.87. The Labute approximate surface area is 174 Å². The number of hydrogen-bond donors (Lipinski definition) is 1. The van der Waals surface area contributed by atoms with E-state index in [0.29, 0.717) is 22.8 Å². The summed E-state index contributed by atoms with van der Waals surface area (Å²) in [6, 6.07) is 15.3. The minimum absolute atomic E-state index is 0.446. The maximum atomic E-state index is 11.8. The molecule has 0 aliphatic heterocycles. The van der Waals surface area contributed by atoms with Gasteiger partial charge in [0, 0.05) is 23.4 Å². The van der Waals surface area contributed by atoms with Gasteiger partial charge in [0.25, 0.3) is 0 Å². The lowest BCUT2D eigenvalue weighted by molar-refractivity contribution is -0.122. The molecule has 0 saturated heterocycles.